The van der Waals surface area contributed by atoms with Crippen LogP contribution in [0, 0.1) is 6.92 Å². The molecule has 1 amide bonds. The molecule has 1 aromatic carbocycles. The van der Waals surface area contributed by atoms with Gasteiger partial charge in [-0.3, -0.25) is 4.79 Å². The summed E-state index contributed by atoms with van der Waals surface area (Å²) in [6.07, 6.45) is 0. The Morgan fingerprint density at radius 1 is 1.03 bits per heavy atom. The molecule has 2 heterocycles. The molecule has 0 bridgehead atoms. The van der Waals surface area contributed by atoms with Crippen LogP contribution in [0.5, 0.6) is 0 Å². The van der Waals surface area contributed by atoms with Gasteiger partial charge in [0.05, 0.1) is 34.5 Å². The largest absolute Gasteiger partial charge is 0.465 e. The number of benzene rings is 1. The van der Waals surface area contributed by atoms with E-state index in [9.17, 15) is 14.4 Å². The van der Waals surface area contributed by atoms with Crippen LogP contribution in [0.15, 0.2) is 32.2 Å². The Hall–Kier alpha value is -2.10. The number of aryl methyl sites for hydroxylation is 1. The van der Waals surface area contributed by atoms with E-state index in [4.69, 9.17) is 21.7 Å². The molecular formula is C21H21NO5S3. The SMILES string of the molecule is COC(=O)C1=C(C(=O)OC)SC(=C2C(=S)C(C)(C)N(C(C)=O)c3cc(C)ccc32)S1. The third kappa shape index (κ3) is 3.59. The maximum atomic E-state index is 12.5. The van der Waals surface area contributed by atoms with Crippen molar-refractivity contribution in [1.82, 2.24) is 0 Å². The zero-order chi connectivity index (χ0) is 22.4. The molecule has 0 saturated heterocycles. The number of rotatable bonds is 2. The van der Waals surface area contributed by atoms with E-state index in [0.29, 0.717) is 9.10 Å². The van der Waals surface area contributed by atoms with Crippen molar-refractivity contribution in [3.05, 3.63) is 43.4 Å². The number of ether oxygens (including phenoxy) is 2. The number of amides is 1. The van der Waals surface area contributed by atoms with E-state index in [0.717, 1.165) is 45.9 Å². The maximum Gasteiger partial charge on any atom is 0.346 e. The number of hydrogen-bond acceptors (Lipinski definition) is 8. The minimum atomic E-state index is -0.773. The highest BCUT2D eigenvalue weighted by Gasteiger charge is 2.45. The van der Waals surface area contributed by atoms with Crippen LogP contribution in [0.25, 0.3) is 5.57 Å². The molecule has 0 N–H and O–H groups in total. The van der Waals surface area contributed by atoms with Gasteiger partial charge in [0.2, 0.25) is 5.91 Å². The summed E-state index contributed by atoms with van der Waals surface area (Å²) < 4.78 is 10.4. The monoisotopic (exact) mass is 463 g/mol. The van der Waals surface area contributed by atoms with Gasteiger partial charge in [0, 0.05) is 18.1 Å². The Kier molecular flexibility index (Phi) is 6.18. The van der Waals surface area contributed by atoms with Gasteiger partial charge < -0.3 is 14.4 Å². The van der Waals surface area contributed by atoms with Crippen LogP contribution in [-0.4, -0.2) is 42.5 Å². The highest BCUT2D eigenvalue weighted by atomic mass is 32.2. The molecule has 0 radical (unpaired) electrons. The Balaban J connectivity index is 2.26. The van der Waals surface area contributed by atoms with Crippen molar-refractivity contribution in [2.75, 3.05) is 19.1 Å². The number of anilines is 1. The van der Waals surface area contributed by atoms with Crippen molar-refractivity contribution < 1.29 is 23.9 Å². The molecule has 0 unspecified atom stereocenters. The second-order valence-corrected chi connectivity index (χ2v) is 9.98. The number of carbonyl (C=O) groups excluding carboxylic acids is 3. The van der Waals surface area contributed by atoms with Crippen LogP contribution in [0.1, 0.15) is 31.9 Å². The quantitative estimate of drug-likeness (QED) is 0.367. The summed E-state index contributed by atoms with van der Waals surface area (Å²) in [5.74, 6) is -1.34. The molecule has 6 nitrogen and oxygen atoms in total. The smallest absolute Gasteiger partial charge is 0.346 e. The van der Waals surface area contributed by atoms with Gasteiger partial charge in [-0.05, 0) is 32.4 Å². The first-order chi connectivity index (χ1) is 14.0. The van der Waals surface area contributed by atoms with E-state index in [2.05, 4.69) is 0 Å². The van der Waals surface area contributed by atoms with E-state index < -0.39 is 17.5 Å². The van der Waals surface area contributed by atoms with Crippen LogP contribution in [-0.2, 0) is 23.9 Å². The molecule has 2 aliphatic heterocycles. The molecule has 0 atom stereocenters. The van der Waals surface area contributed by atoms with Gasteiger partial charge in [-0.25, -0.2) is 9.59 Å². The van der Waals surface area contributed by atoms with E-state index in [-0.39, 0.29) is 15.7 Å². The van der Waals surface area contributed by atoms with E-state index in [1.54, 1.807) is 4.90 Å². The Morgan fingerprint density at radius 3 is 2.03 bits per heavy atom. The minimum absolute atomic E-state index is 0.117. The molecule has 158 valence electrons. The van der Waals surface area contributed by atoms with E-state index in [1.165, 1.54) is 21.1 Å². The lowest BCUT2D eigenvalue weighted by atomic mass is 9.83. The van der Waals surface area contributed by atoms with Crippen molar-refractivity contribution >= 4 is 69.7 Å². The number of carbonyl (C=O) groups is 3. The number of thioether (sulfide) groups is 2. The Morgan fingerprint density at radius 2 is 1.57 bits per heavy atom. The normalized spacial score (nSPS) is 17.8. The highest BCUT2D eigenvalue weighted by molar-refractivity contribution is 8.29. The predicted molar refractivity (Wildman–Crippen MR) is 124 cm³/mol. The third-order valence-corrected chi connectivity index (χ3v) is 8.12. The maximum absolute atomic E-state index is 12.5. The number of hydrogen-bond donors (Lipinski definition) is 0. The average molecular weight is 464 g/mol. The van der Waals surface area contributed by atoms with Crippen molar-refractivity contribution in [2.45, 2.75) is 33.2 Å². The molecular weight excluding hydrogens is 442 g/mol. The number of esters is 2. The molecule has 30 heavy (non-hydrogen) atoms. The van der Waals surface area contributed by atoms with Gasteiger partial charge in [0.15, 0.2) is 0 Å². The average Bonchev–Trinajstić information content (AvgIpc) is 3.12. The molecule has 0 aromatic heterocycles. The van der Waals surface area contributed by atoms with E-state index in [1.807, 2.05) is 39.0 Å². The lowest BCUT2D eigenvalue weighted by molar-refractivity contribution is -0.138. The first-order valence-electron chi connectivity index (χ1n) is 9.02. The molecule has 0 spiro atoms. The van der Waals surface area contributed by atoms with Crippen LogP contribution in [0.2, 0.25) is 0 Å². The summed E-state index contributed by atoms with van der Waals surface area (Å²) in [6, 6.07) is 5.80. The second kappa shape index (κ2) is 8.20. The number of fused-ring (bicyclic) bond motifs is 1. The minimum Gasteiger partial charge on any atom is -0.465 e. The summed E-state index contributed by atoms with van der Waals surface area (Å²) >= 11 is 8.12. The van der Waals surface area contributed by atoms with Gasteiger partial charge >= 0.3 is 11.9 Å². The lowest BCUT2D eigenvalue weighted by Crippen LogP contribution is -2.55. The predicted octanol–water partition coefficient (Wildman–Crippen LogP) is 4.22. The Bertz CT molecular complexity index is 1020. The molecule has 3 rings (SSSR count). The van der Waals surface area contributed by atoms with Gasteiger partial charge in [0.1, 0.15) is 9.81 Å². The van der Waals surface area contributed by atoms with Crippen LogP contribution in [0.3, 0.4) is 0 Å². The number of nitrogens with zero attached hydrogens (tertiary/aromatic N) is 1. The summed E-state index contributed by atoms with van der Waals surface area (Å²) in [5.41, 5.74) is 2.49. The summed E-state index contributed by atoms with van der Waals surface area (Å²) in [6.45, 7) is 7.25. The van der Waals surface area contributed by atoms with Gasteiger partial charge in [0.25, 0.3) is 0 Å². The summed E-state index contributed by atoms with van der Waals surface area (Å²) in [7, 11) is 2.52. The zero-order valence-electron chi connectivity index (χ0n) is 17.4. The van der Waals surface area contributed by atoms with Crippen LogP contribution < -0.4 is 4.90 Å². The fourth-order valence-electron chi connectivity index (χ4n) is 3.49. The molecule has 0 fully saturated rings. The molecule has 1 aromatic rings. The molecule has 2 aliphatic rings. The Labute approximate surface area is 189 Å². The van der Waals surface area contributed by atoms with Crippen molar-refractivity contribution in [3.8, 4) is 0 Å². The molecule has 0 saturated carbocycles. The summed E-state index contributed by atoms with van der Waals surface area (Å²) in [4.78, 5) is 39.7. The van der Waals surface area contributed by atoms with Crippen LogP contribution in [0.4, 0.5) is 5.69 Å². The number of methoxy groups -OCH3 is 2. The fraction of sp³-hybridized carbons (Fsp3) is 0.333. The standard InChI is InChI=1S/C21H21NO5S3/c1-10-7-8-12-13(9-10)22(11(2)23)21(3,4)17(28)14(12)20-29-15(18(24)26-5)16(30-20)19(25)27-6/h7-9H,1-6H3. The van der Waals surface area contributed by atoms with Gasteiger partial charge in [-0.15, -0.1) is 0 Å². The summed E-state index contributed by atoms with van der Waals surface area (Å²) in [5, 5.41) is 0. The zero-order valence-corrected chi connectivity index (χ0v) is 19.9. The second-order valence-electron chi connectivity index (χ2n) is 7.27. The fourth-order valence-corrected chi connectivity index (χ4v) is 6.52. The first kappa shape index (κ1) is 22.6. The molecule has 9 heteroatoms. The first-order valence-corrected chi connectivity index (χ1v) is 11.1. The van der Waals surface area contributed by atoms with E-state index >= 15 is 0 Å². The van der Waals surface area contributed by atoms with Crippen molar-refractivity contribution in [1.29, 1.82) is 0 Å². The highest BCUT2D eigenvalue weighted by Crippen LogP contribution is 2.56. The van der Waals surface area contributed by atoms with Gasteiger partial charge in [-0.2, -0.15) is 0 Å². The topological polar surface area (TPSA) is 72.9 Å². The van der Waals surface area contributed by atoms with Crippen molar-refractivity contribution in [3.63, 3.8) is 0 Å². The van der Waals surface area contributed by atoms with Crippen molar-refractivity contribution in [2.24, 2.45) is 0 Å². The number of thiocarbonyl (C=S) groups is 1. The third-order valence-electron chi connectivity index (χ3n) is 4.86. The molecule has 0 aliphatic carbocycles. The van der Waals surface area contributed by atoms with Gasteiger partial charge in [-0.1, -0.05) is 47.9 Å². The lowest BCUT2D eigenvalue weighted by Gasteiger charge is -2.45. The van der Waals surface area contributed by atoms with Crippen LogP contribution >= 0.6 is 35.7 Å².